The van der Waals surface area contributed by atoms with E-state index in [1.165, 1.54) is 0 Å². The summed E-state index contributed by atoms with van der Waals surface area (Å²) in [5.41, 5.74) is 2.00. The number of benzene rings is 2. The van der Waals surface area contributed by atoms with Gasteiger partial charge in [-0.3, -0.25) is 4.79 Å². The Labute approximate surface area is 135 Å². The third kappa shape index (κ3) is 3.56. The van der Waals surface area contributed by atoms with E-state index in [2.05, 4.69) is 5.32 Å². The van der Waals surface area contributed by atoms with E-state index in [9.17, 15) is 4.79 Å². The molecule has 120 valence electrons. The molecule has 1 heterocycles. The fourth-order valence-electron chi connectivity index (χ4n) is 2.54. The van der Waals surface area contributed by atoms with Gasteiger partial charge in [-0.25, -0.2) is 0 Å². The van der Waals surface area contributed by atoms with E-state index in [-0.39, 0.29) is 18.7 Å². The molecule has 0 fully saturated rings. The molecule has 1 N–H and O–H groups in total. The number of amides is 1. The quantitative estimate of drug-likeness (QED) is 0.922. The number of carbonyl (C=O) groups excluding carboxylic acids is 1. The van der Waals surface area contributed by atoms with Gasteiger partial charge >= 0.3 is 0 Å². The zero-order valence-electron chi connectivity index (χ0n) is 13.3. The van der Waals surface area contributed by atoms with Crippen LogP contribution in [-0.4, -0.2) is 26.3 Å². The summed E-state index contributed by atoms with van der Waals surface area (Å²) in [6.07, 6.45) is 0. The third-order valence-electron chi connectivity index (χ3n) is 3.85. The minimum Gasteiger partial charge on any atom is -0.454 e. The summed E-state index contributed by atoms with van der Waals surface area (Å²) in [5, 5.41) is 3.01. The minimum atomic E-state index is -0.0961. The van der Waals surface area contributed by atoms with Gasteiger partial charge in [0.25, 0.3) is 0 Å². The summed E-state index contributed by atoms with van der Waals surface area (Å²) in [5.74, 6) is 1.45. The molecule has 5 heteroatoms. The number of fused-ring (bicyclic) bond motifs is 1. The fourth-order valence-corrected chi connectivity index (χ4v) is 2.54. The summed E-state index contributed by atoms with van der Waals surface area (Å²) in [7, 11) is 1.90. The summed E-state index contributed by atoms with van der Waals surface area (Å²) in [4.78, 5) is 14.2. The van der Waals surface area contributed by atoms with Gasteiger partial charge in [0, 0.05) is 12.7 Å². The van der Waals surface area contributed by atoms with Crippen molar-refractivity contribution in [2.45, 2.75) is 13.0 Å². The molecule has 1 aliphatic rings. The monoisotopic (exact) mass is 312 g/mol. The Hall–Kier alpha value is -2.69. The van der Waals surface area contributed by atoms with Crippen LogP contribution in [0.25, 0.3) is 0 Å². The molecule has 0 aromatic heterocycles. The number of anilines is 1. The molecule has 0 bridgehead atoms. The highest BCUT2D eigenvalue weighted by Crippen LogP contribution is 2.34. The van der Waals surface area contributed by atoms with E-state index in [1.54, 1.807) is 0 Å². The molecule has 0 saturated carbocycles. The predicted octanol–water partition coefficient (Wildman–Crippen LogP) is 2.73. The first-order chi connectivity index (χ1) is 11.1. The van der Waals surface area contributed by atoms with Gasteiger partial charge in [0.15, 0.2) is 11.5 Å². The Balaban J connectivity index is 1.59. The van der Waals surface area contributed by atoms with Crippen LogP contribution in [0.1, 0.15) is 18.5 Å². The molecule has 5 nitrogen and oxygen atoms in total. The lowest BCUT2D eigenvalue weighted by molar-refractivity contribution is -0.120. The van der Waals surface area contributed by atoms with Crippen LogP contribution in [0.5, 0.6) is 11.5 Å². The highest BCUT2D eigenvalue weighted by molar-refractivity contribution is 5.81. The number of nitrogens with zero attached hydrogens (tertiary/aromatic N) is 1. The van der Waals surface area contributed by atoms with Gasteiger partial charge in [-0.1, -0.05) is 24.3 Å². The van der Waals surface area contributed by atoms with E-state index < -0.39 is 0 Å². The lowest BCUT2D eigenvalue weighted by atomic mass is 10.1. The van der Waals surface area contributed by atoms with Crippen molar-refractivity contribution in [1.82, 2.24) is 5.32 Å². The molecule has 1 amide bonds. The molecular formula is C18H20N2O3. The number of rotatable bonds is 5. The van der Waals surface area contributed by atoms with Gasteiger partial charge in [0.1, 0.15) is 0 Å². The molecule has 0 radical (unpaired) electrons. The number of nitrogens with one attached hydrogen (secondary N) is 1. The largest absolute Gasteiger partial charge is 0.454 e. The van der Waals surface area contributed by atoms with Crippen molar-refractivity contribution in [3.05, 3.63) is 54.1 Å². The lowest BCUT2D eigenvalue weighted by Gasteiger charge is -2.21. The van der Waals surface area contributed by atoms with Crippen molar-refractivity contribution in [3.63, 3.8) is 0 Å². The number of likely N-dealkylation sites (N-methyl/N-ethyl adjacent to an activating group) is 1. The van der Waals surface area contributed by atoms with Crippen molar-refractivity contribution in [2.24, 2.45) is 0 Å². The van der Waals surface area contributed by atoms with Crippen molar-refractivity contribution in [2.75, 3.05) is 25.3 Å². The number of carbonyl (C=O) groups is 1. The molecule has 2 aromatic rings. The second-order valence-electron chi connectivity index (χ2n) is 5.59. The Morgan fingerprint density at radius 2 is 1.91 bits per heavy atom. The molecule has 1 unspecified atom stereocenters. The zero-order chi connectivity index (χ0) is 16.2. The van der Waals surface area contributed by atoms with Crippen molar-refractivity contribution >= 4 is 11.6 Å². The molecule has 1 aliphatic heterocycles. The first-order valence-corrected chi connectivity index (χ1v) is 7.58. The fraction of sp³-hybridized carbons (Fsp3) is 0.278. The zero-order valence-corrected chi connectivity index (χ0v) is 13.3. The maximum absolute atomic E-state index is 12.2. The molecular weight excluding hydrogens is 292 g/mol. The van der Waals surface area contributed by atoms with Gasteiger partial charge in [-0.2, -0.15) is 0 Å². The van der Waals surface area contributed by atoms with Crippen LogP contribution in [-0.2, 0) is 4.79 Å². The standard InChI is InChI=1S/C18H20N2O3/c1-13(14-8-9-16-17(10-14)23-12-22-16)19-18(21)11-20(2)15-6-4-3-5-7-15/h3-10,13H,11-12H2,1-2H3,(H,19,21). The summed E-state index contributed by atoms with van der Waals surface area (Å²) < 4.78 is 10.7. The van der Waals surface area contributed by atoms with Gasteiger partial charge in [-0.05, 0) is 36.8 Å². The van der Waals surface area contributed by atoms with E-state index in [1.807, 2.05) is 67.4 Å². The maximum atomic E-state index is 12.2. The summed E-state index contributed by atoms with van der Waals surface area (Å²) >= 11 is 0. The molecule has 2 aromatic carbocycles. The van der Waals surface area contributed by atoms with Crippen LogP contribution < -0.4 is 19.7 Å². The number of ether oxygens (including phenoxy) is 2. The highest BCUT2D eigenvalue weighted by Gasteiger charge is 2.17. The van der Waals surface area contributed by atoms with E-state index >= 15 is 0 Å². The average molecular weight is 312 g/mol. The third-order valence-corrected chi connectivity index (χ3v) is 3.85. The Morgan fingerprint density at radius 1 is 1.17 bits per heavy atom. The Bertz CT molecular complexity index is 688. The first-order valence-electron chi connectivity index (χ1n) is 7.58. The summed E-state index contributed by atoms with van der Waals surface area (Å²) in [6, 6.07) is 15.5. The van der Waals surface area contributed by atoms with Crippen molar-refractivity contribution in [1.29, 1.82) is 0 Å². The Kier molecular flexibility index (Phi) is 4.37. The first kappa shape index (κ1) is 15.2. The lowest BCUT2D eigenvalue weighted by Crippen LogP contribution is -2.36. The highest BCUT2D eigenvalue weighted by atomic mass is 16.7. The molecule has 0 aliphatic carbocycles. The van der Waals surface area contributed by atoms with Crippen LogP contribution in [0.4, 0.5) is 5.69 Å². The van der Waals surface area contributed by atoms with Gasteiger partial charge < -0.3 is 19.7 Å². The van der Waals surface area contributed by atoms with Crippen LogP contribution >= 0.6 is 0 Å². The van der Waals surface area contributed by atoms with Crippen LogP contribution in [0.15, 0.2) is 48.5 Å². The number of hydrogen-bond acceptors (Lipinski definition) is 4. The van der Waals surface area contributed by atoms with E-state index in [4.69, 9.17) is 9.47 Å². The van der Waals surface area contributed by atoms with Crippen molar-refractivity contribution in [3.8, 4) is 11.5 Å². The second-order valence-corrected chi connectivity index (χ2v) is 5.59. The molecule has 23 heavy (non-hydrogen) atoms. The van der Waals surface area contributed by atoms with E-state index in [0.29, 0.717) is 6.54 Å². The van der Waals surface area contributed by atoms with Gasteiger partial charge in [0.05, 0.1) is 12.6 Å². The topological polar surface area (TPSA) is 50.8 Å². The Morgan fingerprint density at radius 3 is 2.70 bits per heavy atom. The summed E-state index contributed by atoms with van der Waals surface area (Å²) in [6.45, 7) is 2.51. The molecule has 0 spiro atoms. The van der Waals surface area contributed by atoms with E-state index in [0.717, 1.165) is 22.7 Å². The molecule has 0 saturated heterocycles. The predicted molar refractivity (Wildman–Crippen MR) is 88.8 cm³/mol. The maximum Gasteiger partial charge on any atom is 0.239 e. The minimum absolute atomic E-state index is 0.0264. The van der Waals surface area contributed by atoms with Crippen molar-refractivity contribution < 1.29 is 14.3 Å². The van der Waals surface area contributed by atoms with Crippen LogP contribution in [0, 0.1) is 0 Å². The van der Waals surface area contributed by atoms with Crippen LogP contribution in [0.2, 0.25) is 0 Å². The SMILES string of the molecule is CC(NC(=O)CN(C)c1ccccc1)c1ccc2c(c1)OCO2. The van der Waals surface area contributed by atoms with Crippen LogP contribution in [0.3, 0.4) is 0 Å². The van der Waals surface area contributed by atoms with Gasteiger partial charge in [-0.15, -0.1) is 0 Å². The second kappa shape index (κ2) is 6.60. The normalized spacial score (nSPS) is 13.5. The average Bonchev–Trinajstić information content (AvgIpc) is 3.03. The molecule has 3 rings (SSSR count). The number of para-hydroxylation sites is 1. The number of hydrogen-bond donors (Lipinski definition) is 1. The van der Waals surface area contributed by atoms with Gasteiger partial charge in [0.2, 0.25) is 12.7 Å². The smallest absolute Gasteiger partial charge is 0.239 e. The molecule has 1 atom stereocenters.